The second kappa shape index (κ2) is 16.8. The van der Waals surface area contributed by atoms with Crippen molar-refractivity contribution in [2.75, 3.05) is 13.1 Å². The van der Waals surface area contributed by atoms with Gasteiger partial charge in [-0.3, -0.25) is 4.79 Å². The van der Waals surface area contributed by atoms with Crippen LogP contribution in [0.5, 0.6) is 0 Å². The molecule has 0 bridgehead atoms. The minimum Gasteiger partial charge on any atom is -0.480 e. The molecule has 4 heteroatoms. The molecule has 0 aromatic carbocycles. The van der Waals surface area contributed by atoms with E-state index in [0.29, 0.717) is 0 Å². The van der Waals surface area contributed by atoms with Crippen LogP contribution in [0.2, 0.25) is 0 Å². The maximum absolute atomic E-state index is 11.2. The molecule has 4 N–H and O–H groups in total. The summed E-state index contributed by atoms with van der Waals surface area (Å²) in [7, 11) is 0. The van der Waals surface area contributed by atoms with Gasteiger partial charge in [0.1, 0.15) is 6.04 Å². The Labute approximate surface area is 137 Å². The van der Waals surface area contributed by atoms with Gasteiger partial charge in [0, 0.05) is 0 Å². The summed E-state index contributed by atoms with van der Waals surface area (Å²) in [5.41, 5.74) is 5.45. The third kappa shape index (κ3) is 14.3. The topological polar surface area (TPSA) is 75.3 Å². The average Bonchev–Trinajstić information content (AvgIpc) is 2.50. The summed E-state index contributed by atoms with van der Waals surface area (Å²) in [6, 6.07) is -0.366. The molecule has 0 aromatic rings. The molecule has 1 unspecified atom stereocenters. The minimum absolute atomic E-state index is 0.366. The average molecular weight is 315 g/mol. The van der Waals surface area contributed by atoms with Crippen LogP contribution in [0, 0.1) is 0 Å². The summed E-state index contributed by atoms with van der Waals surface area (Å²) < 4.78 is 0. The van der Waals surface area contributed by atoms with E-state index in [-0.39, 0.29) is 6.04 Å². The molecule has 0 spiro atoms. The molecule has 0 saturated heterocycles. The van der Waals surface area contributed by atoms with E-state index in [4.69, 9.17) is 5.73 Å². The number of hydrogen-bond donors (Lipinski definition) is 3. The molecule has 1 atom stereocenters. The molecule has 0 heterocycles. The molecule has 4 nitrogen and oxygen atoms in total. The van der Waals surface area contributed by atoms with Gasteiger partial charge in [0.25, 0.3) is 0 Å². The Morgan fingerprint density at radius 3 is 2.05 bits per heavy atom. The van der Waals surface area contributed by atoms with E-state index >= 15 is 0 Å². The Hall–Kier alpha value is -0.610. The Balaban J connectivity index is 3.50. The highest BCUT2D eigenvalue weighted by Crippen LogP contribution is 2.11. The van der Waals surface area contributed by atoms with Crippen molar-refractivity contribution in [3.8, 4) is 0 Å². The van der Waals surface area contributed by atoms with Crippen LogP contribution in [0.1, 0.15) is 90.4 Å². The van der Waals surface area contributed by atoms with Crippen molar-refractivity contribution >= 4 is 5.97 Å². The highest BCUT2D eigenvalue weighted by Gasteiger charge is 2.15. The van der Waals surface area contributed by atoms with E-state index in [1.165, 1.54) is 38.5 Å². The first-order valence-corrected chi connectivity index (χ1v) is 9.38. The quantitative estimate of drug-likeness (QED) is 0.354. The van der Waals surface area contributed by atoms with Gasteiger partial charge in [0.05, 0.1) is 0 Å². The molecule has 0 aliphatic carbocycles. The van der Waals surface area contributed by atoms with Crippen LogP contribution >= 0.6 is 0 Å². The molecular weight excluding hydrogens is 276 g/mol. The van der Waals surface area contributed by atoms with E-state index in [1.807, 2.05) is 0 Å². The fourth-order valence-electron chi connectivity index (χ4n) is 2.69. The third-order valence-corrected chi connectivity index (χ3v) is 4.17. The maximum Gasteiger partial charge on any atom is 0.320 e. The summed E-state index contributed by atoms with van der Waals surface area (Å²) in [4.78, 5) is 11.2. The zero-order valence-electron chi connectivity index (χ0n) is 14.6. The number of carboxylic acid groups (broad SMARTS) is 1. The van der Waals surface area contributed by atoms with Gasteiger partial charge in [-0.05, 0) is 32.4 Å². The lowest BCUT2D eigenvalue weighted by atomic mass is 10.0. The SMILES string of the molecule is CCCCCCCCCCC(NCCCCCCN)C(=O)O. The van der Waals surface area contributed by atoms with E-state index in [0.717, 1.165) is 58.0 Å². The summed E-state index contributed by atoms with van der Waals surface area (Å²) in [5, 5.41) is 12.4. The van der Waals surface area contributed by atoms with Gasteiger partial charge < -0.3 is 16.2 Å². The zero-order valence-corrected chi connectivity index (χ0v) is 14.6. The number of carboxylic acids is 1. The Morgan fingerprint density at radius 1 is 0.909 bits per heavy atom. The molecular formula is C18H38N2O2. The summed E-state index contributed by atoms with van der Waals surface area (Å²) in [5.74, 6) is -0.704. The normalized spacial score (nSPS) is 12.5. The molecule has 22 heavy (non-hydrogen) atoms. The van der Waals surface area contributed by atoms with Gasteiger partial charge >= 0.3 is 5.97 Å². The lowest BCUT2D eigenvalue weighted by molar-refractivity contribution is -0.139. The van der Waals surface area contributed by atoms with Crippen molar-refractivity contribution in [1.29, 1.82) is 0 Å². The Morgan fingerprint density at radius 2 is 1.45 bits per heavy atom. The predicted octanol–water partition coefficient (Wildman–Crippen LogP) is 4.08. The monoisotopic (exact) mass is 314 g/mol. The van der Waals surface area contributed by atoms with Crippen LogP contribution in [0.25, 0.3) is 0 Å². The number of unbranched alkanes of at least 4 members (excludes halogenated alkanes) is 10. The lowest BCUT2D eigenvalue weighted by Gasteiger charge is -2.14. The molecule has 0 fully saturated rings. The maximum atomic E-state index is 11.2. The fraction of sp³-hybridized carbons (Fsp3) is 0.944. The van der Waals surface area contributed by atoms with Crippen molar-refractivity contribution in [3.63, 3.8) is 0 Å². The highest BCUT2D eigenvalue weighted by molar-refractivity contribution is 5.73. The predicted molar refractivity (Wildman–Crippen MR) is 94.2 cm³/mol. The third-order valence-electron chi connectivity index (χ3n) is 4.17. The van der Waals surface area contributed by atoms with Crippen molar-refractivity contribution in [2.24, 2.45) is 5.73 Å². The van der Waals surface area contributed by atoms with Gasteiger partial charge in [0.2, 0.25) is 0 Å². The smallest absolute Gasteiger partial charge is 0.320 e. The van der Waals surface area contributed by atoms with Gasteiger partial charge in [-0.2, -0.15) is 0 Å². The molecule has 0 aliphatic heterocycles. The first-order chi connectivity index (χ1) is 10.7. The van der Waals surface area contributed by atoms with Crippen LogP contribution in [0.3, 0.4) is 0 Å². The molecule has 0 rings (SSSR count). The van der Waals surface area contributed by atoms with E-state index < -0.39 is 5.97 Å². The number of carbonyl (C=O) groups is 1. The summed E-state index contributed by atoms with van der Waals surface area (Å²) in [6.07, 6.45) is 15.2. The first kappa shape index (κ1) is 21.4. The second-order valence-electron chi connectivity index (χ2n) is 6.31. The van der Waals surface area contributed by atoms with Crippen LogP contribution in [0.15, 0.2) is 0 Å². The summed E-state index contributed by atoms with van der Waals surface area (Å²) in [6.45, 7) is 3.79. The second-order valence-corrected chi connectivity index (χ2v) is 6.31. The molecule has 0 saturated carbocycles. The van der Waals surface area contributed by atoms with Crippen LogP contribution < -0.4 is 11.1 Å². The van der Waals surface area contributed by atoms with Crippen molar-refractivity contribution < 1.29 is 9.90 Å². The summed E-state index contributed by atoms with van der Waals surface area (Å²) >= 11 is 0. The van der Waals surface area contributed by atoms with Gasteiger partial charge in [-0.1, -0.05) is 71.1 Å². The number of rotatable bonds is 17. The molecule has 0 aromatic heterocycles. The van der Waals surface area contributed by atoms with Crippen LogP contribution in [0.4, 0.5) is 0 Å². The molecule has 0 amide bonds. The largest absolute Gasteiger partial charge is 0.480 e. The highest BCUT2D eigenvalue weighted by atomic mass is 16.4. The molecule has 132 valence electrons. The molecule has 0 aliphatic rings. The minimum atomic E-state index is -0.704. The van der Waals surface area contributed by atoms with Crippen LogP contribution in [-0.2, 0) is 4.79 Å². The van der Waals surface area contributed by atoms with Gasteiger partial charge in [-0.25, -0.2) is 0 Å². The number of aliphatic carboxylic acids is 1. The van der Waals surface area contributed by atoms with Crippen molar-refractivity contribution in [2.45, 2.75) is 96.4 Å². The zero-order chi connectivity index (χ0) is 16.5. The molecule has 0 radical (unpaired) electrons. The van der Waals surface area contributed by atoms with E-state index in [1.54, 1.807) is 0 Å². The van der Waals surface area contributed by atoms with Crippen molar-refractivity contribution in [1.82, 2.24) is 5.32 Å². The Kier molecular flexibility index (Phi) is 16.3. The van der Waals surface area contributed by atoms with Crippen LogP contribution in [-0.4, -0.2) is 30.2 Å². The first-order valence-electron chi connectivity index (χ1n) is 9.38. The van der Waals surface area contributed by atoms with Gasteiger partial charge in [-0.15, -0.1) is 0 Å². The van der Waals surface area contributed by atoms with E-state index in [9.17, 15) is 9.90 Å². The fourth-order valence-corrected chi connectivity index (χ4v) is 2.69. The number of hydrogen-bond acceptors (Lipinski definition) is 3. The lowest BCUT2D eigenvalue weighted by Crippen LogP contribution is -2.37. The van der Waals surface area contributed by atoms with E-state index in [2.05, 4.69) is 12.2 Å². The Bertz CT molecular complexity index is 247. The number of nitrogens with one attached hydrogen (secondary N) is 1. The standard InChI is InChI=1S/C18H38N2O2/c1-2-3-4-5-6-7-8-11-14-17(18(21)22)20-16-13-10-9-12-15-19/h17,20H,2-16,19H2,1H3,(H,21,22). The van der Waals surface area contributed by atoms with Crippen molar-refractivity contribution in [3.05, 3.63) is 0 Å². The van der Waals surface area contributed by atoms with Gasteiger partial charge in [0.15, 0.2) is 0 Å². The number of nitrogens with two attached hydrogens (primary N) is 1.